The van der Waals surface area contributed by atoms with Gasteiger partial charge in [-0.25, -0.2) is 26.0 Å². The van der Waals surface area contributed by atoms with Gasteiger partial charge < -0.3 is 0 Å². The molecule has 0 heterocycles. The largest absolute Gasteiger partial charge is 0.223 e. The zero-order valence-electron chi connectivity index (χ0n) is 10.2. The molecule has 0 unspecified atom stereocenters. The molecule has 1 rings (SSSR count). The zero-order valence-corrected chi connectivity index (χ0v) is 11.1. The number of benzene rings is 1. The summed E-state index contributed by atoms with van der Waals surface area (Å²) in [6.07, 6.45) is 0. The summed E-state index contributed by atoms with van der Waals surface area (Å²) in [5, 5.41) is 0. The Morgan fingerprint density at radius 1 is 0.833 bits per heavy atom. The third kappa shape index (κ3) is 2.00. The average molecular weight is 284 g/mol. The van der Waals surface area contributed by atoms with Gasteiger partial charge in [-0.3, -0.25) is 0 Å². The molecule has 0 amide bonds. The van der Waals surface area contributed by atoms with Gasteiger partial charge in [0.1, 0.15) is 4.90 Å². The molecule has 0 aliphatic carbocycles. The van der Waals surface area contributed by atoms with Crippen molar-refractivity contribution in [1.29, 1.82) is 0 Å². The Bertz CT molecular complexity index is 571. The van der Waals surface area contributed by atoms with E-state index in [2.05, 4.69) is 0 Å². The van der Waals surface area contributed by atoms with Gasteiger partial charge in [-0.1, -0.05) is 0 Å². The molecule has 0 N–H and O–H groups in total. The van der Waals surface area contributed by atoms with Crippen LogP contribution in [0.2, 0.25) is 0 Å². The summed E-state index contributed by atoms with van der Waals surface area (Å²) in [5.74, 6) is -7.17. The molecule has 0 bridgehead atoms. The van der Waals surface area contributed by atoms with E-state index in [9.17, 15) is 26.0 Å². The highest BCUT2D eigenvalue weighted by Crippen LogP contribution is 2.33. The van der Waals surface area contributed by atoms with Crippen molar-refractivity contribution in [3.63, 3.8) is 0 Å². The van der Waals surface area contributed by atoms with Crippen LogP contribution in [0.25, 0.3) is 0 Å². The predicted octanol–water partition coefficient (Wildman–Crippen LogP) is 3.12. The minimum Gasteiger partial charge on any atom is -0.223 e. The molecule has 0 saturated carbocycles. The highest BCUT2D eigenvalue weighted by Gasteiger charge is 2.39. The molecular weight excluding hydrogens is 272 g/mol. The van der Waals surface area contributed by atoms with Crippen molar-refractivity contribution in [1.82, 2.24) is 0 Å². The van der Waals surface area contributed by atoms with Crippen LogP contribution in [-0.4, -0.2) is 13.2 Å². The van der Waals surface area contributed by atoms with E-state index in [0.29, 0.717) is 0 Å². The van der Waals surface area contributed by atoms with Crippen LogP contribution >= 0.6 is 0 Å². The molecule has 1 aromatic rings. The Morgan fingerprint density at radius 3 is 1.44 bits per heavy atom. The highest BCUT2D eigenvalue weighted by atomic mass is 32.2. The Morgan fingerprint density at radius 2 is 1.17 bits per heavy atom. The van der Waals surface area contributed by atoms with Crippen molar-refractivity contribution in [2.24, 2.45) is 0 Å². The lowest BCUT2D eigenvalue weighted by Crippen LogP contribution is -2.30. The second-order valence-corrected chi connectivity index (χ2v) is 7.47. The van der Waals surface area contributed by atoms with Gasteiger partial charge in [0.15, 0.2) is 33.1 Å². The second-order valence-electron chi connectivity index (χ2n) is 4.83. The van der Waals surface area contributed by atoms with Crippen LogP contribution < -0.4 is 0 Å². The van der Waals surface area contributed by atoms with Crippen molar-refractivity contribution >= 4 is 9.84 Å². The van der Waals surface area contributed by atoms with Crippen LogP contribution in [0.1, 0.15) is 26.3 Å². The molecule has 18 heavy (non-hydrogen) atoms. The van der Waals surface area contributed by atoms with Gasteiger partial charge in [-0.05, 0) is 27.7 Å². The van der Waals surface area contributed by atoms with Gasteiger partial charge in [0.25, 0.3) is 0 Å². The van der Waals surface area contributed by atoms with E-state index >= 15 is 0 Å². The molecule has 0 aliphatic rings. The summed E-state index contributed by atoms with van der Waals surface area (Å²) in [4.78, 5) is -1.56. The fourth-order valence-electron chi connectivity index (χ4n) is 1.26. The summed E-state index contributed by atoms with van der Waals surface area (Å²) >= 11 is 0. The topological polar surface area (TPSA) is 34.1 Å². The average Bonchev–Trinajstić information content (AvgIpc) is 2.22. The first-order valence-electron chi connectivity index (χ1n) is 5.00. The maximum Gasteiger partial charge on any atom is 0.189 e. The Balaban J connectivity index is 3.85. The van der Waals surface area contributed by atoms with Crippen LogP contribution in [0, 0.1) is 30.2 Å². The van der Waals surface area contributed by atoms with Crippen molar-refractivity contribution < 1.29 is 26.0 Å². The molecule has 0 saturated heterocycles. The van der Waals surface area contributed by atoms with E-state index < -0.39 is 48.3 Å². The maximum absolute atomic E-state index is 13.6. The van der Waals surface area contributed by atoms with Crippen LogP contribution in [0.3, 0.4) is 0 Å². The monoisotopic (exact) mass is 284 g/mol. The number of sulfone groups is 1. The summed E-state index contributed by atoms with van der Waals surface area (Å²) in [6.45, 7) is 4.36. The summed E-state index contributed by atoms with van der Waals surface area (Å²) in [7, 11) is -4.53. The molecular formula is C11H12F4O2S. The fourth-order valence-corrected chi connectivity index (χ4v) is 2.53. The van der Waals surface area contributed by atoms with Gasteiger partial charge in [0.05, 0.1) is 4.75 Å². The lowest BCUT2D eigenvalue weighted by atomic mass is 10.2. The third-order valence-corrected chi connectivity index (χ3v) is 5.03. The van der Waals surface area contributed by atoms with Crippen LogP contribution in [0.4, 0.5) is 17.6 Å². The van der Waals surface area contributed by atoms with Gasteiger partial charge in [-0.2, -0.15) is 0 Å². The molecule has 0 atom stereocenters. The Labute approximate surface area is 103 Å². The van der Waals surface area contributed by atoms with Crippen molar-refractivity contribution in [2.45, 2.75) is 37.3 Å². The van der Waals surface area contributed by atoms with Crippen LogP contribution in [0.5, 0.6) is 0 Å². The van der Waals surface area contributed by atoms with E-state index in [0.717, 1.165) is 6.92 Å². The molecule has 0 aromatic heterocycles. The van der Waals surface area contributed by atoms with Crippen molar-refractivity contribution in [2.75, 3.05) is 0 Å². The summed E-state index contributed by atoms with van der Waals surface area (Å²) < 4.78 is 76.0. The van der Waals surface area contributed by atoms with Crippen LogP contribution in [0.15, 0.2) is 4.90 Å². The smallest absolute Gasteiger partial charge is 0.189 e. The van der Waals surface area contributed by atoms with E-state index in [4.69, 9.17) is 0 Å². The molecule has 1 aromatic carbocycles. The molecule has 2 nitrogen and oxygen atoms in total. The lowest BCUT2D eigenvalue weighted by Gasteiger charge is -2.20. The number of hydrogen-bond donors (Lipinski definition) is 0. The van der Waals surface area contributed by atoms with Crippen molar-refractivity contribution in [3.8, 4) is 0 Å². The zero-order chi connectivity index (χ0) is 14.5. The normalized spacial score (nSPS) is 12.9. The minimum absolute atomic E-state index is 0.824. The molecule has 7 heteroatoms. The Kier molecular flexibility index (Phi) is 3.51. The molecule has 0 radical (unpaired) electrons. The first kappa shape index (κ1) is 14.9. The van der Waals surface area contributed by atoms with E-state index in [-0.39, 0.29) is 0 Å². The Hall–Kier alpha value is -1.11. The summed E-state index contributed by atoms with van der Waals surface area (Å²) in [5.41, 5.74) is -0.891. The van der Waals surface area contributed by atoms with Gasteiger partial charge in [-0.15, -0.1) is 0 Å². The van der Waals surface area contributed by atoms with E-state index in [1.54, 1.807) is 0 Å². The summed E-state index contributed by atoms with van der Waals surface area (Å²) in [6, 6.07) is 0. The highest BCUT2D eigenvalue weighted by molar-refractivity contribution is 7.92. The van der Waals surface area contributed by atoms with Gasteiger partial charge in [0.2, 0.25) is 0 Å². The quantitative estimate of drug-likeness (QED) is 0.586. The predicted molar refractivity (Wildman–Crippen MR) is 57.9 cm³/mol. The molecule has 0 aliphatic heterocycles. The molecule has 0 spiro atoms. The first-order chi connectivity index (χ1) is 7.93. The second kappa shape index (κ2) is 4.22. The van der Waals surface area contributed by atoms with Crippen LogP contribution in [-0.2, 0) is 9.84 Å². The maximum atomic E-state index is 13.6. The van der Waals surface area contributed by atoms with E-state index in [1.165, 1.54) is 20.8 Å². The van der Waals surface area contributed by atoms with Gasteiger partial charge >= 0.3 is 0 Å². The van der Waals surface area contributed by atoms with Crippen molar-refractivity contribution in [3.05, 3.63) is 28.8 Å². The molecule has 0 fully saturated rings. The SMILES string of the molecule is Cc1c(F)c(F)c(S(=O)(=O)C(C)(C)C)c(F)c1F. The molecule has 102 valence electrons. The van der Waals surface area contributed by atoms with E-state index in [1.807, 2.05) is 0 Å². The van der Waals surface area contributed by atoms with Gasteiger partial charge in [0, 0.05) is 5.56 Å². The number of hydrogen-bond acceptors (Lipinski definition) is 2. The fraction of sp³-hybridized carbons (Fsp3) is 0.455. The lowest BCUT2D eigenvalue weighted by molar-refractivity contribution is 0.409. The minimum atomic E-state index is -4.53. The number of halogens is 4. The number of rotatable bonds is 1. The standard InChI is InChI=1S/C11H12F4O2S/c1-5-6(12)8(14)10(9(15)7(5)13)18(16,17)11(2,3)4/h1-4H3. The first-order valence-corrected chi connectivity index (χ1v) is 6.48. The third-order valence-electron chi connectivity index (χ3n) is 2.52.